The van der Waals surface area contributed by atoms with E-state index in [1.165, 1.54) is 35.4 Å². The Kier molecular flexibility index (Phi) is 3.72. The normalized spacial score (nSPS) is 10.1. The smallest absolute Gasteiger partial charge is 0.259 e. The molecular formula is C13H13FN4O. The molecule has 0 atom stereocenters. The van der Waals surface area contributed by atoms with Crippen molar-refractivity contribution in [2.45, 2.75) is 0 Å². The van der Waals surface area contributed by atoms with E-state index in [9.17, 15) is 9.18 Å². The summed E-state index contributed by atoms with van der Waals surface area (Å²) in [5, 5.41) is 0. The van der Waals surface area contributed by atoms with E-state index in [0.717, 1.165) is 0 Å². The van der Waals surface area contributed by atoms with Gasteiger partial charge in [0.2, 0.25) is 0 Å². The molecule has 0 bridgehead atoms. The van der Waals surface area contributed by atoms with Crippen molar-refractivity contribution in [1.29, 1.82) is 0 Å². The van der Waals surface area contributed by atoms with Gasteiger partial charge in [0, 0.05) is 18.9 Å². The number of rotatable bonds is 3. The number of benzene rings is 1. The van der Waals surface area contributed by atoms with Crippen LogP contribution >= 0.6 is 0 Å². The van der Waals surface area contributed by atoms with E-state index in [1.807, 2.05) is 0 Å². The highest BCUT2D eigenvalue weighted by atomic mass is 19.1. The van der Waals surface area contributed by atoms with Crippen LogP contribution in [0.25, 0.3) is 0 Å². The van der Waals surface area contributed by atoms with Crippen LogP contribution in [0.3, 0.4) is 0 Å². The number of nitrogen functional groups attached to an aromatic ring is 1. The first-order valence-corrected chi connectivity index (χ1v) is 5.58. The maximum Gasteiger partial charge on any atom is 0.259 e. The minimum absolute atomic E-state index is 0.234. The summed E-state index contributed by atoms with van der Waals surface area (Å²) in [6.45, 7) is 0. The highest BCUT2D eigenvalue weighted by Crippen LogP contribution is 2.16. The van der Waals surface area contributed by atoms with Gasteiger partial charge < -0.3 is 10.3 Å². The SMILES string of the molecule is CN(C(=O)c1ccc(NN)nc1)c1ccc(F)cc1. The number of nitrogens with zero attached hydrogens (tertiary/aromatic N) is 2. The molecule has 2 rings (SSSR count). The molecule has 2 aromatic rings. The summed E-state index contributed by atoms with van der Waals surface area (Å²) in [6, 6.07) is 8.90. The number of carbonyl (C=O) groups excluding carboxylic acids is 1. The molecule has 3 N–H and O–H groups in total. The lowest BCUT2D eigenvalue weighted by Crippen LogP contribution is -2.26. The molecule has 1 aromatic carbocycles. The van der Waals surface area contributed by atoms with Crippen LogP contribution in [0.1, 0.15) is 10.4 Å². The van der Waals surface area contributed by atoms with Crippen LogP contribution in [-0.4, -0.2) is 17.9 Å². The number of pyridine rings is 1. The second-order valence-electron chi connectivity index (χ2n) is 3.92. The number of anilines is 2. The average Bonchev–Trinajstić information content (AvgIpc) is 2.46. The summed E-state index contributed by atoms with van der Waals surface area (Å²) < 4.78 is 12.8. The van der Waals surface area contributed by atoms with E-state index in [-0.39, 0.29) is 11.7 Å². The number of hydrazine groups is 1. The molecule has 0 saturated heterocycles. The number of halogens is 1. The Morgan fingerprint density at radius 3 is 2.47 bits per heavy atom. The highest BCUT2D eigenvalue weighted by Gasteiger charge is 2.13. The molecule has 0 spiro atoms. The third-order valence-electron chi connectivity index (χ3n) is 2.68. The zero-order chi connectivity index (χ0) is 13.8. The Balaban J connectivity index is 2.20. The van der Waals surface area contributed by atoms with Crippen molar-refractivity contribution in [2.75, 3.05) is 17.4 Å². The molecule has 0 saturated carbocycles. The monoisotopic (exact) mass is 260 g/mol. The molecule has 1 heterocycles. The molecule has 1 aromatic heterocycles. The summed E-state index contributed by atoms with van der Waals surface area (Å²) >= 11 is 0. The molecule has 0 unspecified atom stereocenters. The molecule has 0 aliphatic rings. The van der Waals surface area contributed by atoms with Gasteiger partial charge in [-0.2, -0.15) is 0 Å². The molecule has 6 heteroatoms. The van der Waals surface area contributed by atoms with Gasteiger partial charge in [-0.05, 0) is 36.4 Å². The number of nitrogens with two attached hydrogens (primary N) is 1. The Hall–Kier alpha value is -2.47. The first kappa shape index (κ1) is 13.0. The maximum absolute atomic E-state index is 12.8. The minimum atomic E-state index is -0.343. The summed E-state index contributed by atoms with van der Waals surface area (Å²) in [5.41, 5.74) is 3.41. The Bertz CT molecular complexity index is 568. The standard InChI is InChI=1S/C13H13FN4O/c1-18(11-5-3-10(14)4-6-11)13(19)9-2-7-12(17-15)16-8-9/h2-8H,15H2,1H3,(H,16,17). The van der Waals surface area contributed by atoms with Crippen molar-refractivity contribution >= 4 is 17.4 Å². The van der Waals surface area contributed by atoms with Gasteiger partial charge in [-0.1, -0.05) is 0 Å². The lowest BCUT2D eigenvalue weighted by Gasteiger charge is -2.17. The lowest BCUT2D eigenvalue weighted by atomic mass is 10.2. The van der Waals surface area contributed by atoms with Gasteiger partial charge in [-0.3, -0.25) is 4.79 Å². The number of carbonyl (C=O) groups is 1. The van der Waals surface area contributed by atoms with Crippen molar-refractivity contribution in [3.63, 3.8) is 0 Å². The number of aromatic nitrogens is 1. The second kappa shape index (κ2) is 5.45. The van der Waals surface area contributed by atoms with Crippen molar-refractivity contribution < 1.29 is 9.18 Å². The maximum atomic E-state index is 12.8. The van der Waals surface area contributed by atoms with E-state index in [4.69, 9.17) is 5.84 Å². The van der Waals surface area contributed by atoms with Gasteiger partial charge >= 0.3 is 0 Å². The molecular weight excluding hydrogens is 247 g/mol. The summed E-state index contributed by atoms with van der Waals surface area (Å²) in [7, 11) is 1.62. The van der Waals surface area contributed by atoms with Gasteiger partial charge in [-0.25, -0.2) is 15.2 Å². The topological polar surface area (TPSA) is 71.2 Å². The summed E-state index contributed by atoms with van der Waals surface area (Å²) in [4.78, 5) is 17.6. The quantitative estimate of drug-likeness (QED) is 0.652. The number of amides is 1. The summed E-state index contributed by atoms with van der Waals surface area (Å²) in [6.07, 6.45) is 1.43. The Morgan fingerprint density at radius 1 is 1.26 bits per heavy atom. The zero-order valence-electron chi connectivity index (χ0n) is 10.3. The van der Waals surface area contributed by atoms with Crippen LogP contribution in [0.5, 0.6) is 0 Å². The lowest BCUT2D eigenvalue weighted by molar-refractivity contribution is 0.0992. The third-order valence-corrected chi connectivity index (χ3v) is 2.68. The van der Waals surface area contributed by atoms with Gasteiger partial charge in [0.1, 0.15) is 11.6 Å². The van der Waals surface area contributed by atoms with E-state index in [1.54, 1.807) is 19.2 Å². The first-order valence-electron chi connectivity index (χ1n) is 5.58. The second-order valence-corrected chi connectivity index (χ2v) is 3.92. The average molecular weight is 260 g/mol. The zero-order valence-corrected chi connectivity index (χ0v) is 10.3. The fourth-order valence-electron chi connectivity index (χ4n) is 1.58. The highest BCUT2D eigenvalue weighted by molar-refractivity contribution is 6.05. The summed E-state index contributed by atoms with van der Waals surface area (Å²) in [5.74, 6) is 5.09. The van der Waals surface area contributed by atoms with Gasteiger partial charge in [0.25, 0.3) is 5.91 Å². The van der Waals surface area contributed by atoms with E-state index >= 15 is 0 Å². The van der Waals surface area contributed by atoms with Crippen LogP contribution in [0.4, 0.5) is 15.9 Å². The fraction of sp³-hybridized carbons (Fsp3) is 0.0769. The predicted molar refractivity (Wildman–Crippen MR) is 71.2 cm³/mol. The van der Waals surface area contributed by atoms with Gasteiger partial charge in [0.15, 0.2) is 0 Å². The molecule has 5 nitrogen and oxygen atoms in total. The van der Waals surface area contributed by atoms with E-state index in [2.05, 4.69) is 10.4 Å². The number of nitrogens with one attached hydrogen (secondary N) is 1. The van der Waals surface area contributed by atoms with Crippen LogP contribution in [0.15, 0.2) is 42.6 Å². The number of hydrogen-bond donors (Lipinski definition) is 2. The Morgan fingerprint density at radius 2 is 1.95 bits per heavy atom. The predicted octanol–water partition coefficient (Wildman–Crippen LogP) is 1.78. The van der Waals surface area contributed by atoms with Crippen molar-refractivity contribution in [2.24, 2.45) is 5.84 Å². The molecule has 98 valence electrons. The molecule has 1 amide bonds. The van der Waals surface area contributed by atoms with Crippen LogP contribution in [0, 0.1) is 5.82 Å². The molecule has 19 heavy (non-hydrogen) atoms. The molecule has 0 radical (unpaired) electrons. The molecule has 0 aliphatic heterocycles. The minimum Gasteiger partial charge on any atom is -0.311 e. The van der Waals surface area contributed by atoms with Crippen molar-refractivity contribution in [1.82, 2.24) is 4.98 Å². The van der Waals surface area contributed by atoms with E-state index in [0.29, 0.717) is 17.1 Å². The molecule has 0 fully saturated rings. The molecule has 0 aliphatic carbocycles. The first-order chi connectivity index (χ1) is 9.11. The number of hydrogen-bond acceptors (Lipinski definition) is 4. The van der Waals surface area contributed by atoms with Gasteiger partial charge in [-0.15, -0.1) is 0 Å². The van der Waals surface area contributed by atoms with Crippen LogP contribution < -0.4 is 16.2 Å². The fourth-order valence-corrected chi connectivity index (χ4v) is 1.58. The van der Waals surface area contributed by atoms with Crippen molar-refractivity contribution in [3.8, 4) is 0 Å². The third kappa shape index (κ3) is 2.86. The van der Waals surface area contributed by atoms with Gasteiger partial charge in [0.05, 0.1) is 5.56 Å². The largest absolute Gasteiger partial charge is 0.311 e. The van der Waals surface area contributed by atoms with Crippen LogP contribution in [0.2, 0.25) is 0 Å². The van der Waals surface area contributed by atoms with Crippen molar-refractivity contribution in [3.05, 3.63) is 54.0 Å². The van der Waals surface area contributed by atoms with Crippen LogP contribution in [-0.2, 0) is 0 Å². The van der Waals surface area contributed by atoms with E-state index < -0.39 is 0 Å². The Labute approximate surface area is 109 Å².